The van der Waals surface area contributed by atoms with E-state index in [-0.39, 0.29) is 0 Å². The quantitative estimate of drug-likeness (QED) is 0.767. The average molecular weight is 238 g/mol. The second-order valence-corrected chi connectivity index (χ2v) is 5.28. The maximum absolute atomic E-state index is 11.0. The van der Waals surface area contributed by atoms with Crippen LogP contribution in [-0.2, 0) is 4.79 Å². The highest BCUT2D eigenvalue weighted by atomic mass is 32.2. The molecule has 0 bridgehead atoms. The number of aryl methyl sites for hydroxylation is 1. The van der Waals surface area contributed by atoms with Gasteiger partial charge in [0, 0.05) is 10.6 Å². The Labute approximate surface area is 101 Å². The third-order valence-corrected chi connectivity index (χ3v) is 3.71. The molecule has 16 heavy (non-hydrogen) atoms. The van der Waals surface area contributed by atoms with Gasteiger partial charge in [0.25, 0.3) is 0 Å². The maximum atomic E-state index is 11.0. The molecular weight excluding hydrogens is 220 g/mol. The van der Waals surface area contributed by atoms with E-state index in [9.17, 15) is 4.79 Å². The normalized spacial score (nSPS) is 14.4. The smallest absolute Gasteiger partial charge is 0.237 e. The Kier molecular flexibility index (Phi) is 4.38. The van der Waals surface area contributed by atoms with Crippen LogP contribution >= 0.6 is 11.8 Å². The zero-order valence-corrected chi connectivity index (χ0v) is 10.5. The molecule has 3 nitrogen and oxygen atoms in total. The number of nitrogens with two attached hydrogens (primary N) is 2. The first kappa shape index (κ1) is 13.1. The second kappa shape index (κ2) is 5.37. The molecule has 0 aromatic heterocycles. The van der Waals surface area contributed by atoms with Gasteiger partial charge in [-0.1, -0.05) is 18.2 Å². The van der Waals surface area contributed by atoms with Crippen LogP contribution in [-0.4, -0.2) is 17.2 Å². The minimum absolute atomic E-state index is 0.446. The number of rotatable bonds is 5. The molecule has 1 amide bonds. The van der Waals surface area contributed by atoms with E-state index in [4.69, 9.17) is 11.5 Å². The lowest BCUT2D eigenvalue weighted by molar-refractivity contribution is -0.122. The van der Waals surface area contributed by atoms with Crippen molar-refractivity contribution in [1.29, 1.82) is 0 Å². The first-order valence-electron chi connectivity index (χ1n) is 5.21. The van der Waals surface area contributed by atoms with Crippen molar-refractivity contribution in [2.24, 2.45) is 11.5 Å². The Morgan fingerprint density at radius 1 is 1.44 bits per heavy atom. The van der Waals surface area contributed by atoms with E-state index in [1.54, 1.807) is 18.7 Å². The van der Waals surface area contributed by atoms with Crippen molar-refractivity contribution in [3.05, 3.63) is 29.8 Å². The highest BCUT2D eigenvalue weighted by Gasteiger charge is 2.24. The summed E-state index contributed by atoms with van der Waals surface area (Å²) in [4.78, 5) is 12.2. The number of hydrogen-bond acceptors (Lipinski definition) is 3. The van der Waals surface area contributed by atoms with Gasteiger partial charge >= 0.3 is 0 Å². The van der Waals surface area contributed by atoms with Gasteiger partial charge in [0.1, 0.15) is 0 Å². The molecule has 4 heteroatoms. The molecule has 0 saturated heterocycles. The lowest BCUT2D eigenvalue weighted by Gasteiger charge is -2.19. The molecule has 4 N–H and O–H groups in total. The van der Waals surface area contributed by atoms with E-state index in [0.29, 0.717) is 6.42 Å². The van der Waals surface area contributed by atoms with Crippen molar-refractivity contribution in [3.63, 3.8) is 0 Å². The molecule has 88 valence electrons. The third kappa shape index (κ3) is 3.54. The zero-order valence-electron chi connectivity index (χ0n) is 9.69. The number of carbonyl (C=O) groups is 1. The van der Waals surface area contributed by atoms with Crippen molar-refractivity contribution in [3.8, 4) is 0 Å². The van der Waals surface area contributed by atoms with Crippen molar-refractivity contribution in [1.82, 2.24) is 0 Å². The van der Waals surface area contributed by atoms with E-state index in [2.05, 4.69) is 19.1 Å². The van der Waals surface area contributed by atoms with Gasteiger partial charge in [-0.25, -0.2) is 0 Å². The van der Waals surface area contributed by atoms with Crippen LogP contribution in [0.4, 0.5) is 0 Å². The van der Waals surface area contributed by atoms with Gasteiger partial charge in [-0.15, -0.1) is 11.8 Å². The topological polar surface area (TPSA) is 69.1 Å². The van der Waals surface area contributed by atoms with E-state index in [1.807, 2.05) is 12.1 Å². The molecule has 0 fully saturated rings. The van der Waals surface area contributed by atoms with E-state index >= 15 is 0 Å². The van der Waals surface area contributed by atoms with Crippen molar-refractivity contribution in [2.45, 2.75) is 30.7 Å². The minimum Gasteiger partial charge on any atom is -0.368 e. The summed E-state index contributed by atoms with van der Waals surface area (Å²) in [6.45, 7) is 3.74. The second-order valence-electron chi connectivity index (χ2n) is 4.15. The van der Waals surface area contributed by atoms with Crippen LogP contribution in [0.1, 0.15) is 18.9 Å². The maximum Gasteiger partial charge on any atom is 0.237 e. The fraction of sp³-hybridized carbons (Fsp3) is 0.417. The summed E-state index contributed by atoms with van der Waals surface area (Å²) in [6, 6.07) is 8.15. The predicted molar refractivity (Wildman–Crippen MR) is 68.3 cm³/mol. The SMILES string of the molecule is Cc1ccccc1SCCC(C)(N)C(N)=O. The zero-order chi connectivity index (χ0) is 12.2. The molecule has 1 aromatic rings. The monoisotopic (exact) mass is 238 g/mol. The number of primary amides is 1. The predicted octanol–water partition coefficient (Wildman–Crippen LogP) is 1.68. The Morgan fingerprint density at radius 2 is 2.06 bits per heavy atom. The lowest BCUT2D eigenvalue weighted by atomic mass is 10.0. The molecular formula is C12H18N2OS. The van der Waals surface area contributed by atoms with Crippen LogP contribution < -0.4 is 11.5 Å². The number of amides is 1. The molecule has 0 spiro atoms. The summed E-state index contributed by atoms with van der Waals surface area (Å²) in [5, 5.41) is 0. The Hall–Kier alpha value is -1.00. The Balaban J connectivity index is 2.48. The highest BCUT2D eigenvalue weighted by Crippen LogP contribution is 2.24. The molecule has 0 saturated carbocycles. The Bertz CT molecular complexity index is 377. The number of hydrogen-bond donors (Lipinski definition) is 2. The fourth-order valence-electron chi connectivity index (χ4n) is 1.21. The van der Waals surface area contributed by atoms with Gasteiger partial charge in [-0.3, -0.25) is 4.79 Å². The molecule has 0 heterocycles. The standard InChI is InChI=1S/C12H18N2OS/c1-9-5-3-4-6-10(9)16-8-7-12(2,14)11(13)15/h3-6H,7-8,14H2,1-2H3,(H2,13,15). The van der Waals surface area contributed by atoms with Gasteiger partial charge in [0.15, 0.2) is 0 Å². The van der Waals surface area contributed by atoms with Crippen LogP contribution in [0.15, 0.2) is 29.2 Å². The highest BCUT2D eigenvalue weighted by molar-refractivity contribution is 7.99. The minimum atomic E-state index is -0.907. The molecule has 0 radical (unpaired) electrons. The Morgan fingerprint density at radius 3 is 2.62 bits per heavy atom. The van der Waals surface area contributed by atoms with Gasteiger partial charge in [0.2, 0.25) is 5.91 Å². The van der Waals surface area contributed by atoms with Crippen LogP contribution in [0.5, 0.6) is 0 Å². The van der Waals surface area contributed by atoms with Crippen LogP contribution in [0.25, 0.3) is 0 Å². The molecule has 1 rings (SSSR count). The summed E-state index contributed by atoms with van der Waals surface area (Å²) >= 11 is 1.70. The summed E-state index contributed by atoms with van der Waals surface area (Å²) in [6.07, 6.45) is 0.585. The summed E-state index contributed by atoms with van der Waals surface area (Å²) < 4.78 is 0. The molecule has 1 unspecified atom stereocenters. The van der Waals surface area contributed by atoms with Gasteiger partial charge in [0.05, 0.1) is 5.54 Å². The molecule has 0 aliphatic carbocycles. The summed E-state index contributed by atoms with van der Waals surface area (Å²) in [5.74, 6) is 0.346. The molecule has 1 atom stereocenters. The van der Waals surface area contributed by atoms with Gasteiger partial charge in [-0.2, -0.15) is 0 Å². The van der Waals surface area contributed by atoms with E-state index in [0.717, 1.165) is 5.75 Å². The lowest BCUT2D eigenvalue weighted by Crippen LogP contribution is -2.49. The fourth-order valence-corrected chi connectivity index (χ4v) is 2.43. The van der Waals surface area contributed by atoms with E-state index < -0.39 is 11.4 Å². The molecule has 0 aliphatic heterocycles. The van der Waals surface area contributed by atoms with Crippen LogP contribution in [0.2, 0.25) is 0 Å². The van der Waals surface area contributed by atoms with Gasteiger partial charge in [-0.05, 0) is 31.9 Å². The van der Waals surface area contributed by atoms with E-state index in [1.165, 1.54) is 10.5 Å². The summed E-state index contributed by atoms with van der Waals surface area (Å²) in [7, 11) is 0. The summed E-state index contributed by atoms with van der Waals surface area (Å²) in [5.41, 5.74) is 11.3. The molecule has 1 aromatic carbocycles. The first-order chi connectivity index (χ1) is 7.43. The first-order valence-corrected chi connectivity index (χ1v) is 6.19. The largest absolute Gasteiger partial charge is 0.368 e. The molecule has 0 aliphatic rings. The van der Waals surface area contributed by atoms with Crippen molar-refractivity contribution >= 4 is 17.7 Å². The van der Waals surface area contributed by atoms with Crippen LogP contribution in [0.3, 0.4) is 0 Å². The van der Waals surface area contributed by atoms with Gasteiger partial charge < -0.3 is 11.5 Å². The van der Waals surface area contributed by atoms with Crippen molar-refractivity contribution in [2.75, 3.05) is 5.75 Å². The number of carbonyl (C=O) groups excluding carboxylic acids is 1. The average Bonchev–Trinajstić information content (AvgIpc) is 2.20. The third-order valence-electron chi connectivity index (χ3n) is 2.54. The number of benzene rings is 1. The number of thioether (sulfide) groups is 1. The van der Waals surface area contributed by atoms with Crippen molar-refractivity contribution < 1.29 is 4.79 Å². The van der Waals surface area contributed by atoms with Crippen LogP contribution in [0, 0.1) is 6.92 Å².